The predicted octanol–water partition coefficient (Wildman–Crippen LogP) is 1.70. The van der Waals surface area contributed by atoms with Crippen molar-refractivity contribution in [2.75, 3.05) is 36.8 Å². The average molecular weight is 390 g/mol. The van der Waals surface area contributed by atoms with Gasteiger partial charge in [0.25, 0.3) is 5.69 Å². The fraction of sp³-hybridized carbons (Fsp3) is 0.556. The van der Waals surface area contributed by atoms with Crippen LogP contribution in [-0.4, -0.2) is 69.4 Å². The number of carbonyl (C=O) groups excluding carboxylic acids is 2. The van der Waals surface area contributed by atoms with Crippen LogP contribution in [0.15, 0.2) is 24.3 Å². The third-order valence-corrected chi connectivity index (χ3v) is 7.25. The Labute approximate surface area is 161 Å². The minimum absolute atomic E-state index is 0.0461. The van der Waals surface area contributed by atoms with E-state index in [1.165, 1.54) is 12.1 Å². The molecule has 0 aliphatic carbocycles. The number of hydrogen-bond donors (Lipinski definition) is 0. The molecule has 3 saturated heterocycles. The van der Waals surface area contributed by atoms with Gasteiger partial charge in [-0.1, -0.05) is 0 Å². The first-order valence-corrected chi connectivity index (χ1v) is 10.1. The summed E-state index contributed by atoms with van der Waals surface area (Å²) in [4.78, 5) is 41.2. The highest BCUT2D eigenvalue weighted by atomic mass is 32.2. The molecule has 0 unspecified atom stereocenters. The van der Waals surface area contributed by atoms with Crippen molar-refractivity contribution in [2.24, 2.45) is 0 Å². The van der Waals surface area contributed by atoms with Gasteiger partial charge in [0.2, 0.25) is 11.8 Å². The third kappa shape index (κ3) is 3.13. The van der Waals surface area contributed by atoms with E-state index in [9.17, 15) is 19.7 Å². The minimum Gasteiger partial charge on any atom is -0.368 e. The highest BCUT2D eigenvalue weighted by Crippen LogP contribution is 2.47. The van der Waals surface area contributed by atoms with Crippen LogP contribution in [0.3, 0.4) is 0 Å². The summed E-state index contributed by atoms with van der Waals surface area (Å²) in [5, 5.41) is 10.8. The molecular weight excluding hydrogens is 368 g/mol. The van der Waals surface area contributed by atoms with Crippen molar-refractivity contribution < 1.29 is 14.5 Å². The number of nitrogens with zero attached hydrogens (tertiary/aromatic N) is 4. The standard InChI is InChI=1S/C18H22N4O4S/c1-18-7-6-16(23)21(18)15(12-27-18)17(24)20-10-8-19(9-11-20)13-2-4-14(5-3-13)22(25)26/h2-5,15H,6-12H2,1H3/t15-,18-/m0/s1. The van der Waals surface area contributed by atoms with Gasteiger partial charge in [-0.05, 0) is 25.5 Å². The van der Waals surface area contributed by atoms with Gasteiger partial charge in [0.05, 0.1) is 9.79 Å². The fourth-order valence-electron chi connectivity index (χ4n) is 4.18. The number of non-ortho nitro benzene ring substituents is 1. The Balaban J connectivity index is 1.38. The predicted molar refractivity (Wildman–Crippen MR) is 103 cm³/mol. The van der Waals surface area contributed by atoms with Crippen LogP contribution in [0.2, 0.25) is 0 Å². The second-order valence-corrected chi connectivity index (χ2v) is 8.85. The lowest BCUT2D eigenvalue weighted by Gasteiger charge is -2.38. The molecule has 1 aromatic carbocycles. The zero-order chi connectivity index (χ0) is 19.2. The second kappa shape index (κ2) is 6.70. The van der Waals surface area contributed by atoms with Crippen LogP contribution in [-0.2, 0) is 9.59 Å². The van der Waals surface area contributed by atoms with Crippen LogP contribution in [0.5, 0.6) is 0 Å². The Hall–Kier alpha value is -2.29. The van der Waals surface area contributed by atoms with E-state index < -0.39 is 4.92 Å². The SMILES string of the molecule is C[C@]12CCC(=O)N1[C@H](C(=O)N1CCN(c3ccc([N+](=O)[O-])cc3)CC1)CS2. The van der Waals surface area contributed by atoms with E-state index >= 15 is 0 Å². The van der Waals surface area contributed by atoms with Crippen LogP contribution in [0.25, 0.3) is 0 Å². The van der Waals surface area contributed by atoms with Crippen LogP contribution in [0.4, 0.5) is 11.4 Å². The average Bonchev–Trinajstić information content (AvgIpc) is 3.17. The zero-order valence-corrected chi connectivity index (χ0v) is 16.0. The van der Waals surface area contributed by atoms with Gasteiger partial charge in [0, 0.05) is 56.2 Å². The van der Waals surface area contributed by atoms with Gasteiger partial charge < -0.3 is 14.7 Å². The molecular formula is C18H22N4O4S. The lowest BCUT2D eigenvalue weighted by atomic mass is 10.1. The molecule has 3 aliphatic rings. The number of benzene rings is 1. The number of carbonyl (C=O) groups is 2. The van der Waals surface area contributed by atoms with E-state index in [4.69, 9.17) is 0 Å². The molecule has 27 heavy (non-hydrogen) atoms. The van der Waals surface area contributed by atoms with Crippen LogP contribution >= 0.6 is 11.8 Å². The lowest BCUT2D eigenvalue weighted by molar-refractivity contribution is -0.384. The summed E-state index contributed by atoms with van der Waals surface area (Å²) in [6.07, 6.45) is 1.34. The molecule has 2 atom stereocenters. The van der Waals surface area contributed by atoms with Gasteiger partial charge in [-0.25, -0.2) is 0 Å². The first-order chi connectivity index (χ1) is 12.9. The number of fused-ring (bicyclic) bond motifs is 1. The number of rotatable bonds is 3. The fourth-order valence-corrected chi connectivity index (χ4v) is 5.61. The van der Waals surface area contributed by atoms with Gasteiger partial charge in [-0.3, -0.25) is 19.7 Å². The largest absolute Gasteiger partial charge is 0.368 e. The van der Waals surface area contributed by atoms with Crippen molar-refractivity contribution in [1.82, 2.24) is 9.80 Å². The molecule has 9 heteroatoms. The second-order valence-electron chi connectivity index (χ2n) is 7.35. The third-order valence-electron chi connectivity index (χ3n) is 5.75. The molecule has 0 N–H and O–H groups in total. The van der Waals surface area contributed by atoms with Gasteiger partial charge in [-0.2, -0.15) is 0 Å². The molecule has 3 heterocycles. The summed E-state index contributed by atoms with van der Waals surface area (Å²) < 4.78 is 0. The monoisotopic (exact) mass is 390 g/mol. The number of piperazine rings is 1. The summed E-state index contributed by atoms with van der Waals surface area (Å²) in [6.45, 7) is 4.59. The molecule has 3 aliphatic heterocycles. The van der Waals surface area contributed by atoms with Gasteiger partial charge >= 0.3 is 0 Å². The first kappa shape index (κ1) is 18.1. The van der Waals surface area contributed by atoms with E-state index in [1.54, 1.807) is 23.9 Å². The van der Waals surface area contributed by atoms with Gasteiger partial charge in [0.1, 0.15) is 6.04 Å². The number of thioether (sulfide) groups is 1. The summed E-state index contributed by atoms with van der Waals surface area (Å²) >= 11 is 1.71. The summed E-state index contributed by atoms with van der Waals surface area (Å²) in [5.41, 5.74) is 0.996. The van der Waals surface area contributed by atoms with Crippen molar-refractivity contribution in [3.8, 4) is 0 Å². The summed E-state index contributed by atoms with van der Waals surface area (Å²) in [7, 11) is 0. The molecule has 3 fully saturated rings. The topological polar surface area (TPSA) is 87.0 Å². The van der Waals surface area contributed by atoms with Crippen LogP contribution < -0.4 is 4.90 Å². The smallest absolute Gasteiger partial charge is 0.269 e. The maximum absolute atomic E-state index is 13.0. The molecule has 2 amide bonds. The quantitative estimate of drug-likeness (QED) is 0.577. The van der Waals surface area contributed by atoms with E-state index in [-0.39, 0.29) is 28.4 Å². The highest BCUT2D eigenvalue weighted by molar-refractivity contribution is 8.01. The molecule has 144 valence electrons. The van der Waals surface area contributed by atoms with Crippen LogP contribution in [0, 0.1) is 10.1 Å². The lowest BCUT2D eigenvalue weighted by Crippen LogP contribution is -2.56. The van der Waals surface area contributed by atoms with Gasteiger partial charge in [-0.15, -0.1) is 11.8 Å². The van der Waals surface area contributed by atoms with Gasteiger partial charge in [0.15, 0.2) is 0 Å². The molecule has 1 aromatic rings. The number of anilines is 1. The first-order valence-electron chi connectivity index (χ1n) is 9.13. The van der Waals surface area contributed by atoms with E-state index in [0.717, 1.165) is 12.1 Å². The van der Waals surface area contributed by atoms with E-state index in [2.05, 4.69) is 11.8 Å². The molecule has 0 bridgehead atoms. The minimum atomic E-state index is -0.409. The van der Waals surface area contributed by atoms with Crippen molar-refractivity contribution >= 4 is 35.0 Å². The molecule has 4 rings (SSSR count). The summed E-state index contributed by atoms with van der Waals surface area (Å²) in [5.74, 6) is 0.805. The molecule has 0 spiro atoms. The van der Waals surface area contributed by atoms with Crippen molar-refractivity contribution in [2.45, 2.75) is 30.7 Å². The molecule has 0 saturated carbocycles. The van der Waals surface area contributed by atoms with Crippen molar-refractivity contribution in [3.05, 3.63) is 34.4 Å². The molecule has 0 aromatic heterocycles. The number of nitro groups is 1. The maximum atomic E-state index is 13.0. The van der Waals surface area contributed by atoms with Crippen molar-refractivity contribution in [1.29, 1.82) is 0 Å². The Bertz CT molecular complexity index is 778. The Kier molecular flexibility index (Phi) is 4.49. The van der Waals surface area contributed by atoms with Crippen LogP contribution in [0.1, 0.15) is 19.8 Å². The Morgan fingerprint density at radius 2 is 1.89 bits per heavy atom. The van der Waals surface area contributed by atoms with E-state index in [0.29, 0.717) is 38.4 Å². The Morgan fingerprint density at radius 1 is 1.22 bits per heavy atom. The maximum Gasteiger partial charge on any atom is 0.269 e. The highest BCUT2D eigenvalue weighted by Gasteiger charge is 2.53. The molecule has 8 nitrogen and oxygen atoms in total. The van der Waals surface area contributed by atoms with Crippen molar-refractivity contribution in [3.63, 3.8) is 0 Å². The summed E-state index contributed by atoms with van der Waals surface area (Å²) in [6, 6.07) is 6.15. The number of hydrogen-bond acceptors (Lipinski definition) is 6. The molecule has 0 radical (unpaired) electrons. The van der Waals surface area contributed by atoms with E-state index in [1.807, 2.05) is 9.80 Å². The normalized spacial score (nSPS) is 27.8. The Morgan fingerprint density at radius 3 is 2.52 bits per heavy atom. The zero-order valence-electron chi connectivity index (χ0n) is 15.2. The number of nitro benzene ring substituents is 1. The number of amides is 2.